The molecule has 1 fully saturated rings. The Bertz CT molecular complexity index is 1000. The van der Waals surface area contributed by atoms with E-state index in [0.717, 1.165) is 11.4 Å². The molecule has 2 aromatic rings. The summed E-state index contributed by atoms with van der Waals surface area (Å²) in [5, 5.41) is 3.45. The first-order chi connectivity index (χ1) is 14.3. The molecular weight excluding hydrogens is 408 g/mol. The predicted octanol–water partition coefficient (Wildman–Crippen LogP) is 2.92. The molecule has 1 amide bonds. The number of anilines is 1. The molecular formula is C21H26N2O6S. The summed E-state index contributed by atoms with van der Waals surface area (Å²) < 4.78 is 44.2. The number of rotatable bonds is 7. The van der Waals surface area contributed by atoms with Gasteiger partial charge >= 0.3 is 10.3 Å². The number of benzene rings is 2. The van der Waals surface area contributed by atoms with E-state index in [1.807, 2.05) is 24.3 Å². The van der Waals surface area contributed by atoms with Crippen LogP contribution >= 0.6 is 0 Å². The number of amides is 1. The molecule has 9 heteroatoms. The van der Waals surface area contributed by atoms with Gasteiger partial charge in [-0.25, -0.2) is 4.72 Å². The minimum Gasteiger partial charge on any atom is -0.497 e. The Kier molecular flexibility index (Phi) is 6.52. The minimum atomic E-state index is -4.67. The van der Waals surface area contributed by atoms with Gasteiger partial charge in [-0.15, -0.1) is 0 Å². The highest BCUT2D eigenvalue weighted by Gasteiger charge is 2.44. The van der Waals surface area contributed by atoms with E-state index in [9.17, 15) is 17.8 Å². The van der Waals surface area contributed by atoms with E-state index in [1.165, 1.54) is 7.11 Å². The van der Waals surface area contributed by atoms with Gasteiger partial charge in [0.1, 0.15) is 11.5 Å². The summed E-state index contributed by atoms with van der Waals surface area (Å²) in [4.78, 5) is 13.0. The number of hydrogen-bond acceptors (Lipinski definition) is 6. The van der Waals surface area contributed by atoms with Crippen molar-refractivity contribution >= 4 is 21.9 Å². The van der Waals surface area contributed by atoms with Crippen LogP contribution in [0.3, 0.4) is 0 Å². The smallest absolute Gasteiger partial charge is 0.359 e. The van der Waals surface area contributed by atoms with Gasteiger partial charge in [-0.2, -0.15) is 8.42 Å². The van der Waals surface area contributed by atoms with Gasteiger partial charge in [0.05, 0.1) is 25.3 Å². The predicted molar refractivity (Wildman–Crippen MR) is 113 cm³/mol. The number of ether oxygens (including phenoxy) is 2. The molecule has 162 valence electrons. The summed E-state index contributed by atoms with van der Waals surface area (Å²) >= 11 is 0. The third kappa shape index (κ3) is 4.85. The normalized spacial score (nSPS) is 21.5. The van der Waals surface area contributed by atoms with Crippen molar-refractivity contribution in [2.24, 2.45) is 0 Å². The molecule has 1 aliphatic rings. The van der Waals surface area contributed by atoms with Crippen LogP contribution in [0.4, 0.5) is 5.69 Å². The van der Waals surface area contributed by atoms with Crippen LogP contribution < -0.4 is 19.5 Å². The Hall–Kier alpha value is -2.78. The van der Waals surface area contributed by atoms with E-state index in [4.69, 9.17) is 9.47 Å². The third-order valence-electron chi connectivity index (χ3n) is 5.58. The summed E-state index contributed by atoms with van der Waals surface area (Å²) in [6, 6.07) is 14.7. The highest BCUT2D eigenvalue weighted by Crippen LogP contribution is 2.42. The Morgan fingerprint density at radius 2 is 1.77 bits per heavy atom. The van der Waals surface area contributed by atoms with Crippen LogP contribution in [0.25, 0.3) is 0 Å². The van der Waals surface area contributed by atoms with Crippen molar-refractivity contribution in [3.8, 4) is 11.5 Å². The molecule has 1 saturated carbocycles. The molecule has 0 spiro atoms. The van der Waals surface area contributed by atoms with E-state index < -0.39 is 21.6 Å². The first-order valence-electron chi connectivity index (χ1n) is 9.61. The molecule has 1 aliphatic carbocycles. The molecule has 0 aliphatic heterocycles. The zero-order valence-electron chi connectivity index (χ0n) is 16.9. The molecule has 2 aromatic carbocycles. The van der Waals surface area contributed by atoms with Gasteiger partial charge in [0, 0.05) is 6.04 Å². The first kappa shape index (κ1) is 21.9. The zero-order valence-corrected chi connectivity index (χ0v) is 17.7. The average Bonchev–Trinajstić information content (AvgIpc) is 2.73. The summed E-state index contributed by atoms with van der Waals surface area (Å²) in [6.45, 7) is 0. The molecule has 3 rings (SSSR count). The van der Waals surface area contributed by atoms with Crippen LogP contribution in [-0.4, -0.2) is 39.1 Å². The second kappa shape index (κ2) is 8.93. The lowest BCUT2D eigenvalue weighted by Crippen LogP contribution is -2.49. The molecule has 0 atom stereocenters. The van der Waals surface area contributed by atoms with E-state index in [-0.39, 0.29) is 6.04 Å². The summed E-state index contributed by atoms with van der Waals surface area (Å²) in [5.41, 5.74) is 0.420. The van der Waals surface area contributed by atoms with Gasteiger partial charge in [-0.05, 0) is 55.5 Å². The van der Waals surface area contributed by atoms with Crippen LogP contribution in [0, 0.1) is 0 Å². The van der Waals surface area contributed by atoms with Crippen molar-refractivity contribution in [3.05, 3.63) is 54.1 Å². The average molecular weight is 435 g/mol. The highest BCUT2D eigenvalue weighted by molar-refractivity contribution is 7.84. The molecule has 3 N–H and O–H groups in total. The van der Waals surface area contributed by atoms with Gasteiger partial charge in [-0.1, -0.05) is 24.3 Å². The number of carbonyl (C=O) groups excluding carboxylic acids is 1. The number of para-hydroxylation sites is 2. The molecule has 0 aromatic heterocycles. The first-order valence-corrected chi connectivity index (χ1v) is 11.0. The van der Waals surface area contributed by atoms with Crippen molar-refractivity contribution in [3.63, 3.8) is 0 Å². The Balaban J connectivity index is 1.85. The van der Waals surface area contributed by atoms with E-state index >= 15 is 0 Å². The molecule has 0 unspecified atom stereocenters. The van der Waals surface area contributed by atoms with Crippen LogP contribution in [0.5, 0.6) is 11.5 Å². The second-order valence-corrected chi connectivity index (χ2v) is 8.49. The van der Waals surface area contributed by atoms with Crippen molar-refractivity contribution in [1.82, 2.24) is 4.72 Å². The van der Waals surface area contributed by atoms with E-state index in [1.54, 1.807) is 36.1 Å². The zero-order chi connectivity index (χ0) is 21.8. The fourth-order valence-corrected chi connectivity index (χ4v) is 4.45. The summed E-state index contributed by atoms with van der Waals surface area (Å²) in [5.74, 6) is 0.557. The maximum atomic E-state index is 13.0. The monoisotopic (exact) mass is 434 g/mol. The fraction of sp³-hybridized carbons (Fsp3) is 0.381. The Labute approximate surface area is 176 Å². The van der Waals surface area contributed by atoms with Crippen molar-refractivity contribution in [1.29, 1.82) is 0 Å². The topological polar surface area (TPSA) is 114 Å². The van der Waals surface area contributed by atoms with Gasteiger partial charge in [0.25, 0.3) is 0 Å². The molecule has 0 bridgehead atoms. The minimum absolute atomic E-state index is 0.0820. The molecule has 8 nitrogen and oxygen atoms in total. The number of methoxy groups -OCH3 is 2. The SMILES string of the molecule is COc1cccc(C2(C(=O)NS(=O)(=O)O)CCC(Nc3ccccc3OC)CC2)c1. The quantitative estimate of drug-likeness (QED) is 0.574. The van der Waals surface area contributed by atoms with Gasteiger partial charge < -0.3 is 14.8 Å². The molecule has 0 heterocycles. The van der Waals surface area contributed by atoms with Crippen molar-refractivity contribution < 1.29 is 27.2 Å². The molecule has 0 saturated heterocycles. The Morgan fingerprint density at radius 1 is 1.07 bits per heavy atom. The molecule has 0 radical (unpaired) electrons. The number of carbonyl (C=O) groups is 1. The van der Waals surface area contributed by atoms with Crippen LogP contribution in [0.15, 0.2) is 48.5 Å². The summed E-state index contributed by atoms with van der Waals surface area (Å²) in [7, 11) is -1.54. The van der Waals surface area contributed by atoms with Crippen molar-refractivity contribution in [2.75, 3.05) is 19.5 Å². The van der Waals surface area contributed by atoms with Gasteiger partial charge in [-0.3, -0.25) is 9.35 Å². The van der Waals surface area contributed by atoms with E-state index in [0.29, 0.717) is 37.0 Å². The number of nitrogens with one attached hydrogen (secondary N) is 2. The van der Waals surface area contributed by atoms with Crippen LogP contribution in [0.1, 0.15) is 31.2 Å². The van der Waals surface area contributed by atoms with Gasteiger partial charge in [0.2, 0.25) is 5.91 Å². The van der Waals surface area contributed by atoms with E-state index in [2.05, 4.69) is 5.32 Å². The lowest BCUT2D eigenvalue weighted by atomic mass is 9.67. The highest BCUT2D eigenvalue weighted by atomic mass is 32.2. The van der Waals surface area contributed by atoms with Gasteiger partial charge in [0.15, 0.2) is 0 Å². The Morgan fingerprint density at radius 3 is 2.40 bits per heavy atom. The maximum absolute atomic E-state index is 13.0. The standard InChI is InChI=1S/C21H26N2O6S/c1-28-17-7-5-6-15(14-17)21(20(24)23-30(25,26)27)12-10-16(11-13-21)22-18-8-3-4-9-19(18)29-2/h3-9,14,16,22H,10-13H2,1-2H3,(H,23,24)(H,25,26,27). The molecule has 30 heavy (non-hydrogen) atoms. The third-order valence-corrected chi connectivity index (χ3v) is 6.03. The largest absolute Gasteiger partial charge is 0.497 e. The van der Waals surface area contributed by atoms with Crippen molar-refractivity contribution in [2.45, 2.75) is 37.1 Å². The van der Waals surface area contributed by atoms with Crippen LogP contribution in [-0.2, 0) is 20.5 Å². The second-order valence-electron chi connectivity index (χ2n) is 7.34. The maximum Gasteiger partial charge on any atom is 0.359 e. The fourth-order valence-electron chi connectivity index (χ4n) is 4.02. The lowest BCUT2D eigenvalue weighted by Gasteiger charge is -2.39. The lowest BCUT2D eigenvalue weighted by molar-refractivity contribution is -0.126. The number of hydrogen-bond donors (Lipinski definition) is 3. The summed E-state index contributed by atoms with van der Waals surface area (Å²) in [6.07, 6.45) is 2.03. The van der Waals surface area contributed by atoms with Crippen LogP contribution in [0.2, 0.25) is 0 Å².